The van der Waals surface area contributed by atoms with Crippen LogP contribution in [0, 0.1) is 11.3 Å². The molecule has 0 radical (unpaired) electrons. The zero-order valence-corrected chi connectivity index (χ0v) is 18.7. The molecule has 1 saturated heterocycles. The van der Waals surface area contributed by atoms with E-state index in [4.69, 9.17) is 10.1 Å². The zero-order chi connectivity index (χ0) is 18.4. The quantitative estimate of drug-likeness (QED) is 0.171. The molecule has 1 atom stereocenters. The molecule has 1 aromatic rings. The van der Waals surface area contributed by atoms with Crippen molar-refractivity contribution < 1.29 is 70.8 Å². The minimum atomic E-state index is -0.577. The number of rotatable bonds is 7. The van der Waals surface area contributed by atoms with Crippen LogP contribution in [0.4, 0.5) is 5.69 Å². The average molecular weight is 383 g/mol. The Kier molecular flexibility index (Phi) is 9.74. The zero-order valence-electron chi connectivity index (χ0n) is 15.6. The third-order valence-corrected chi connectivity index (χ3v) is 4.34. The second-order valence-electron chi connectivity index (χ2n) is 6.05. The number of ether oxygens (including phenoxy) is 1. The van der Waals surface area contributed by atoms with Crippen LogP contribution in [0.5, 0.6) is 5.75 Å². The Bertz CT molecular complexity index is 685. The van der Waals surface area contributed by atoms with Crippen molar-refractivity contribution in [1.29, 1.82) is 5.41 Å². The fraction of sp³-hybridized carbons (Fsp3) is 0.421. The first-order chi connectivity index (χ1) is 12.0. The monoisotopic (exact) mass is 382 g/mol. The topological polar surface area (TPSA) is 93.5 Å². The van der Waals surface area contributed by atoms with E-state index in [1.807, 2.05) is 6.92 Å². The van der Waals surface area contributed by atoms with E-state index in [1.165, 1.54) is 4.90 Å². The van der Waals surface area contributed by atoms with Crippen molar-refractivity contribution >= 4 is 23.3 Å². The molecule has 0 spiro atoms. The molecule has 2 rings (SSSR count). The molecule has 0 bridgehead atoms. The SMILES string of the molecule is CCCCC(CC)C(=N)Oc1ccc(N2CC(=O)/C(=C\[O-])C2=O)cc1.[K+]. The number of ketones is 1. The van der Waals surface area contributed by atoms with Gasteiger partial charge in [0.15, 0.2) is 11.7 Å². The number of nitrogens with one attached hydrogen (secondary N) is 1. The smallest absolute Gasteiger partial charge is 0.877 e. The van der Waals surface area contributed by atoms with Crippen LogP contribution in [0.15, 0.2) is 36.1 Å². The third kappa shape index (κ3) is 5.50. The molecule has 1 fully saturated rings. The number of hydrogen-bond acceptors (Lipinski definition) is 5. The molecule has 1 heterocycles. The number of benzene rings is 1. The fourth-order valence-electron chi connectivity index (χ4n) is 2.77. The van der Waals surface area contributed by atoms with Gasteiger partial charge in [-0.15, -0.1) is 6.26 Å². The molecule has 1 amide bonds. The van der Waals surface area contributed by atoms with Crippen LogP contribution in [0.3, 0.4) is 0 Å². The number of hydrogen-bond donors (Lipinski definition) is 1. The standard InChI is InChI=1S/C19H24N2O4.K/c1-3-5-6-13(4-2)18(20)25-15-9-7-14(8-10-15)21-11-17(23)16(12-22)19(21)24;/h7-10,12-13,20,22H,3-6,11H2,1-2H3;/q;+1/p-1/b16-12+,20-18?;. The van der Waals surface area contributed by atoms with Crippen LogP contribution < -0.4 is 66.1 Å². The van der Waals surface area contributed by atoms with Crippen molar-refractivity contribution in [3.05, 3.63) is 36.1 Å². The van der Waals surface area contributed by atoms with E-state index in [-0.39, 0.29) is 75.3 Å². The van der Waals surface area contributed by atoms with Crippen LogP contribution in [-0.2, 0) is 9.59 Å². The maximum atomic E-state index is 12.0. The molecule has 0 saturated carbocycles. The number of unbranched alkanes of at least 4 members (excludes halogenated alkanes) is 1. The molecular formula is C19H23KN2O4. The molecule has 134 valence electrons. The Morgan fingerprint density at radius 3 is 2.46 bits per heavy atom. The van der Waals surface area contributed by atoms with Crippen molar-refractivity contribution in [2.75, 3.05) is 11.4 Å². The van der Waals surface area contributed by atoms with E-state index >= 15 is 0 Å². The molecule has 0 aliphatic carbocycles. The largest absolute Gasteiger partial charge is 1.00 e. The first kappa shape index (κ1) is 23.0. The number of carbonyl (C=O) groups excluding carboxylic acids is 2. The number of amides is 1. The average Bonchev–Trinajstić information content (AvgIpc) is 2.90. The summed E-state index contributed by atoms with van der Waals surface area (Å²) >= 11 is 0. The summed E-state index contributed by atoms with van der Waals surface area (Å²) in [6.07, 6.45) is 4.24. The molecule has 1 aliphatic rings. The number of anilines is 1. The Labute approximate surface area is 196 Å². The third-order valence-electron chi connectivity index (χ3n) is 4.34. The van der Waals surface area contributed by atoms with Gasteiger partial charge < -0.3 is 14.7 Å². The van der Waals surface area contributed by atoms with Crippen molar-refractivity contribution in [1.82, 2.24) is 0 Å². The predicted molar refractivity (Wildman–Crippen MR) is 93.5 cm³/mol. The van der Waals surface area contributed by atoms with Gasteiger partial charge in [0, 0.05) is 11.6 Å². The van der Waals surface area contributed by atoms with E-state index in [0.29, 0.717) is 17.7 Å². The summed E-state index contributed by atoms with van der Waals surface area (Å²) in [6.45, 7) is 4.03. The fourth-order valence-corrected chi connectivity index (χ4v) is 2.77. The normalized spacial score (nSPS) is 16.5. The molecule has 6 nitrogen and oxygen atoms in total. The Hall–Kier alpha value is -0.994. The summed E-state index contributed by atoms with van der Waals surface area (Å²) in [5.41, 5.74) is 0.205. The number of Topliss-reactive ketones (excluding diaryl/α,β-unsaturated/α-hetero) is 1. The van der Waals surface area contributed by atoms with Gasteiger partial charge >= 0.3 is 51.4 Å². The predicted octanol–water partition coefficient (Wildman–Crippen LogP) is -0.577. The molecule has 1 N–H and O–H groups in total. The number of carbonyl (C=O) groups is 2. The molecule has 7 heteroatoms. The summed E-state index contributed by atoms with van der Waals surface area (Å²) < 4.78 is 5.62. The van der Waals surface area contributed by atoms with Crippen LogP contribution in [0.25, 0.3) is 0 Å². The molecule has 1 aromatic carbocycles. The Balaban J connectivity index is 0.00000338. The molecule has 1 aliphatic heterocycles. The molecule has 1 unspecified atom stereocenters. The summed E-state index contributed by atoms with van der Waals surface area (Å²) in [5.74, 6) is -0.188. The maximum Gasteiger partial charge on any atom is 1.00 e. The second-order valence-corrected chi connectivity index (χ2v) is 6.05. The van der Waals surface area contributed by atoms with Gasteiger partial charge in [0.1, 0.15) is 5.75 Å². The van der Waals surface area contributed by atoms with E-state index in [1.54, 1.807) is 24.3 Å². The minimum Gasteiger partial charge on any atom is -0.877 e. The Morgan fingerprint density at radius 1 is 1.31 bits per heavy atom. The van der Waals surface area contributed by atoms with E-state index in [0.717, 1.165) is 25.7 Å². The van der Waals surface area contributed by atoms with E-state index in [2.05, 4.69) is 6.92 Å². The summed E-state index contributed by atoms with van der Waals surface area (Å²) in [7, 11) is 0. The van der Waals surface area contributed by atoms with Crippen molar-refractivity contribution in [2.24, 2.45) is 5.92 Å². The molecular weight excluding hydrogens is 359 g/mol. The second kappa shape index (κ2) is 11.0. The van der Waals surface area contributed by atoms with Crippen LogP contribution in [0.1, 0.15) is 39.5 Å². The van der Waals surface area contributed by atoms with Gasteiger partial charge in [-0.3, -0.25) is 15.0 Å². The van der Waals surface area contributed by atoms with E-state index < -0.39 is 11.7 Å². The van der Waals surface area contributed by atoms with Crippen LogP contribution >= 0.6 is 0 Å². The molecule has 26 heavy (non-hydrogen) atoms. The van der Waals surface area contributed by atoms with Gasteiger partial charge in [0.25, 0.3) is 5.91 Å². The van der Waals surface area contributed by atoms with Gasteiger partial charge in [-0.25, -0.2) is 0 Å². The summed E-state index contributed by atoms with van der Waals surface area (Å²) in [4.78, 5) is 24.9. The van der Waals surface area contributed by atoms with Crippen LogP contribution in [-0.4, -0.2) is 24.1 Å². The maximum absolute atomic E-state index is 12.0. The summed E-state index contributed by atoms with van der Waals surface area (Å²) in [6, 6.07) is 6.61. The van der Waals surface area contributed by atoms with Crippen LogP contribution in [0.2, 0.25) is 0 Å². The number of nitrogens with zero attached hydrogens (tertiary/aromatic N) is 1. The molecule has 0 aromatic heterocycles. The van der Waals surface area contributed by atoms with Crippen molar-refractivity contribution in [3.8, 4) is 5.75 Å². The van der Waals surface area contributed by atoms with Gasteiger partial charge in [-0.1, -0.05) is 26.7 Å². The van der Waals surface area contributed by atoms with E-state index in [9.17, 15) is 14.7 Å². The van der Waals surface area contributed by atoms with Gasteiger partial charge in [0.2, 0.25) is 0 Å². The van der Waals surface area contributed by atoms with Crippen molar-refractivity contribution in [3.63, 3.8) is 0 Å². The first-order valence-electron chi connectivity index (χ1n) is 8.55. The van der Waals surface area contributed by atoms with Gasteiger partial charge in [0.05, 0.1) is 12.1 Å². The Morgan fingerprint density at radius 2 is 1.96 bits per heavy atom. The summed E-state index contributed by atoms with van der Waals surface area (Å²) in [5, 5.41) is 18.9. The first-order valence-corrected chi connectivity index (χ1v) is 8.55. The van der Waals surface area contributed by atoms with Gasteiger partial charge in [-0.05, 0) is 37.1 Å². The van der Waals surface area contributed by atoms with Gasteiger partial charge in [-0.2, -0.15) is 0 Å². The minimum absolute atomic E-state index is 0. The van der Waals surface area contributed by atoms with Crippen molar-refractivity contribution in [2.45, 2.75) is 39.5 Å².